The molecule has 0 fully saturated rings. The number of nitrogens with one attached hydrogen (secondary N) is 1. The molecular formula is C13H18N2OS. The van der Waals surface area contributed by atoms with Gasteiger partial charge in [-0.05, 0) is 12.5 Å². The highest BCUT2D eigenvalue weighted by Crippen LogP contribution is 2.13. The summed E-state index contributed by atoms with van der Waals surface area (Å²) >= 11 is 0. The lowest BCUT2D eigenvalue weighted by molar-refractivity contribution is 0.629. The van der Waals surface area contributed by atoms with Crippen molar-refractivity contribution in [3.05, 3.63) is 35.9 Å². The lowest BCUT2D eigenvalue weighted by Crippen LogP contribution is -2.30. The Bertz CT molecular complexity index is 400. The molecule has 0 heterocycles. The van der Waals surface area contributed by atoms with Crippen molar-refractivity contribution in [3.63, 3.8) is 0 Å². The molecule has 1 rings (SSSR count). The lowest BCUT2D eigenvalue weighted by Gasteiger charge is -2.13. The quantitative estimate of drug-likeness (QED) is 0.835. The molecule has 17 heavy (non-hydrogen) atoms. The van der Waals surface area contributed by atoms with Crippen molar-refractivity contribution < 1.29 is 4.21 Å². The number of rotatable bonds is 6. The first kappa shape index (κ1) is 13.9. The van der Waals surface area contributed by atoms with E-state index in [0.717, 1.165) is 5.56 Å². The Morgan fingerprint density at radius 3 is 2.53 bits per heavy atom. The van der Waals surface area contributed by atoms with E-state index in [2.05, 4.69) is 11.4 Å². The minimum absolute atomic E-state index is 0.116. The lowest BCUT2D eigenvalue weighted by atomic mass is 10.0. The van der Waals surface area contributed by atoms with Crippen molar-refractivity contribution in [2.75, 3.05) is 19.3 Å². The third-order valence-corrected chi connectivity index (χ3v) is 4.00. The van der Waals surface area contributed by atoms with Crippen molar-refractivity contribution in [2.24, 2.45) is 0 Å². The zero-order valence-corrected chi connectivity index (χ0v) is 11.0. The summed E-state index contributed by atoms with van der Waals surface area (Å²) in [6.07, 6.45) is 1.70. The summed E-state index contributed by atoms with van der Waals surface area (Å²) in [5.41, 5.74) is 1.02. The van der Waals surface area contributed by atoms with Gasteiger partial charge in [0.25, 0.3) is 0 Å². The van der Waals surface area contributed by atoms with Crippen molar-refractivity contribution in [1.29, 1.82) is 5.26 Å². The van der Waals surface area contributed by atoms with Crippen LogP contribution in [-0.4, -0.2) is 28.8 Å². The highest BCUT2D eigenvalue weighted by Gasteiger charge is 2.11. The van der Waals surface area contributed by atoms with Gasteiger partial charge in [0.05, 0.1) is 12.0 Å². The van der Waals surface area contributed by atoms with E-state index in [1.165, 1.54) is 0 Å². The van der Waals surface area contributed by atoms with Gasteiger partial charge in [-0.3, -0.25) is 4.21 Å². The van der Waals surface area contributed by atoms with Crippen LogP contribution in [0, 0.1) is 11.3 Å². The van der Waals surface area contributed by atoms with Crippen LogP contribution in [0.2, 0.25) is 0 Å². The Balaban J connectivity index is 2.45. The summed E-state index contributed by atoms with van der Waals surface area (Å²) < 4.78 is 11.2. The molecule has 3 atom stereocenters. The monoisotopic (exact) mass is 250 g/mol. The Kier molecular flexibility index (Phi) is 5.88. The SMILES string of the molecule is CC(CNCC(C#N)c1ccccc1)S(C)=O. The molecule has 0 saturated heterocycles. The number of hydrogen-bond acceptors (Lipinski definition) is 3. The Morgan fingerprint density at radius 2 is 2.00 bits per heavy atom. The molecule has 0 aliphatic carbocycles. The maximum absolute atomic E-state index is 11.2. The molecule has 0 bridgehead atoms. The summed E-state index contributed by atoms with van der Waals surface area (Å²) in [5, 5.41) is 12.4. The van der Waals surface area contributed by atoms with Crippen LogP contribution in [0.15, 0.2) is 30.3 Å². The molecule has 0 aliphatic heterocycles. The van der Waals surface area contributed by atoms with Gasteiger partial charge in [0.15, 0.2) is 0 Å². The van der Waals surface area contributed by atoms with Crippen molar-refractivity contribution >= 4 is 10.8 Å². The normalized spacial score (nSPS) is 15.8. The Hall–Kier alpha value is -1.18. The van der Waals surface area contributed by atoms with Gasteiger partial charge in [-0.1, -0.05) is 30.3 Å². The minimum Gasteiger partial charge on any atom is -0.314 e. The van der Waals surface area contributed by atoms with Crippen molar-refractivity contribution in [3.8, 4) is 6.07 Å². The first-order valence-electron chi connectivity index (χ1n) is 5.62. The van der Waals surface area contributed by atoms with Gasteiger partial charge in [0, 0.05) is 35.4 Å². The van der Waals surface area contributed by atoms with E-state index in [1.54, 1.807) is 6.26 Å². The fourth-order valence-electron chi connectivity index (χ4n) is 1.47. The van der Waals surface area contributed by atoms with Crippen LogP contribution in [0.5, 0.6) is 0 Å². The first-order chi connectivity index (χ1) is 8.15. The molecule has 0 spiro atoms. The molecule has 0 amide bonds. The van der Waals surface area contributed by atoms with Gasteiger partial charge in [-0.2, -0.15) is 5.26 Å². The summed E-state index contributed by atoms with van der Waals surface area (Å²) in [5.74, 6) is -0.145. The van der Waals surface area contributed by atoms with E-state index >= 15 is 0 Å². The predicted molar refractivity (Wildman–Crippen MR) is 71.2 cm³/mol. The third kappa shape index (κ3) is 4.68. The highest BCUT2D eigenvalue weighted by molar-refractivity contribution is 7.84. The highest BCUT2D eigenvalue weighted by atomic mass is 32.2. The van der Waals surface area contributed by atoms with Gasteiger partial charge >= 0.3 is 0 Å². The average molecular weight is 250 g/mol. The fraction of sp³-hybridized carbons (Fsp3) is 0.462. The molecule has 4 heteroatoms. The molecule has 0 aliphatic rings. The molecule has 0 saturated carbocycles. The van der Waals surface area contributed by atoms with E-state index in [1.807, 2.05) is 37.3 Å². The summed E-state index contributed by atoms with van der Waals surface area (Å²) in [4.78, 5) is 0. The van der Waals surface area contributed by atoms with Crippen LogP contribution in [-0.2, 0) is 10.8 Å². The van der Waals surface area contributed by atoms with Gasteiger partial charge in [-0.25, -0.2) is 0 Å². The summed E-state index contributed by atoms with van der Waals surface area (Å²) in [6.45, 7) is 3.21. The first-order valence-corrected chi connectivity index (χ1v) is 7.24. The van der Waals surface area contributed by atoms with Crippen molar-refractivity contribution in [2.45, 2.75) is 18.1 Å². The molecule has 1 aromatic carbocycles. The standard InChI is InChI=1S/C13H18N2OS/c1-11(17(2)16)9-15-10-13(8-14)12-6-4-3-5-7-12/h3-7,11,13,15H,9-10H2,1-2H3. The van der Waals surface area contributed by atoms with Crippen molar-refractivity contribution in [1.82, 2.24) is 5.32 Å². The molecule has 0 aromatic heterocycles. The molecular weight excluding hydrogens is 232 g/mol. The van der Waals surface area contributed by atoms with Crippen LogP contribution >= 0.6 is 0 Å². The summed E-state index contributed by atoms with van der Waals surface area (Å²) in [7, 11) is -0.817. The van der Waals surface area contributed by atoms with E-state index in [-0.39, 0.29) is 11.2 Å². The maximum Gasteiger partial charge on any atom is 0.0837 e. The molecule has 1 aromatic rings. The third-order valence-electron chi connectivity index (χ3n) is 2.70. The molecule has 92 valence electrons. The number of nitriles is 1. The number of nitrogens with zero attached hydrogens (tertiary/aromatic N) is 1. The van der Waals surface area contributed by atoms with Crippen LogP contribution in [0.4, 0.5) is 0 Å². The van der Waals surface area contributed by atoms with Crippen LogP contribution in [0.1, 0.15) is 18.4 Å². The molecule has 1 N–H and O–H groups in total. The second-order valence-electron chi connectivity index (χ2n) is 4.06. The second kappa shape index (κ2) is 7.21. The Morgan fingerprint density at radius 1 is 1.35 bits per heavy atom. The zero-order chi connectivity index (χ0) is 12.7. The smallest absolute Gasteiger partial charge is 0.0837 e. The van der Waals surface area contributed by atoms with Gasteiger partial charge in [0.2, 0.25) is 0 Å². The number of benzene rings is 1. The topological polar surface area (TPSA) is 52.9 Å². The summed E-state index contributed by atoms with van der Waals surface area (Å²) in [6, 6.07) is 12.0. The minimum atomic E-state index is -0.817. The van der Waals surface area contributed by atoms with E-state index in [0.29, 0.717) is 13.1 Å². The molecule has 3 nitrogen and oxygen atoms in total. The maximum atomic E-state index is 11.2. The van der Waals surface area contributed by atoms with E-state index < -0.39 is 10.8 Å². The fourth-order valence-corrected chi connectivity index (χ4v) is 1.82. The van der Waals surface area contributed by atoms with Gasteiger partial charge < -0.3 is 5.32 Å². The van der Waals surface area contributed by atoms with Gasteiger partial charge in [0.1, 0.15) is 0 Å². The van der Waals surface area contributed by atoms with Crippen LogP contribution in [0.3, 0.4) is 0 Å². The largest absolute Gasteiger partial charge is 0.314 e. The van der Waals surface area contributed by atoms with Crippen LogP contribution < -0.4 is 5.32 Å². The van der Waals surface area contributed by atoms with Gasteiger partial charge in [-0.15, -0.1) is 0 Å². The molecule has 0 radical (unpaired) electrons. The second-order valence-corrected chi connectivity index (χ2v) is 5.86. The number of hydrogen-bond donors (Lipinski definition) is 1. The van der Waals surface area contributed by atoms with E-state index in [4.69, 9.17) is 5.26 Å². The van der Waals surface area contributed by atoms with E-state index in [9.17, 15) is 4.21 Å². The Labute approximate surface area is 105 Å². The average Bonchev–Trinajstić information content (AvgIpc) is 2.35. The predicted octanol–water partition coefficient (Wildman–Crippen LogP) is 1.65. The zero-order valence-electron chi connectivity index (χ0n) is 10.2. The molecule has 3 unspecified atom stereocenters. The van der Waals surface area contributed by atoms with Crippen LogP contribution in [0.25, 0.3) is 0 Å².